The monoisotopic (exact) mass is 392 g/mol. The summed E-state index contributed by atoms with van der Waals surface area (Å²) in [6.45, 7) is 5.60. The van der Waals surface area contributed by atoms with Crippen LogP contribution in [0.3, 0.4) is 0 Å². The van der Waals surface area contributed by atoms with Crippen molar-refractivity contribution in [2.75, 3.05) is 25.5 Å². The second-order valence-electron chi connectivity index (χ2n) is 7.59. The van der Waals surface area contributed by atoms with Crippen molar-refractivity contribution in [2.45, 2.75) is 26.3 Å². The first-order valence-electron chi connectivity index (χ1n) is 10.0. The van der Waals surface area contributed by atoms with Crippen LogP contribution in [0.1, 0.15) is 41.3 Å². The predicted molar refractivity (Wildman–Crippen MR) is 116 cm³/mol. The molecule has 0 radical (unpaired) electrons. The van der Waals surface area contributed by atoms with E-state index in [9.17, 15) is 9.59 Å². The summed E-state index contributed by atoms with van der Waals surface area (Å²) in [5.41, 5.74) is 3.35. The van der Waals surface area contributed by atoms with Crippen LogP contribution in [0.15, 0.2) is 54.6 Å². The minimum Gasteiger partial charge on any atom is -0.465 e. The summed E-state index contributed by atoms with van der Waals surface area (Å²) in [4.78, 5) is 26.1. The van der Waals surface area contributed by atoms with Crippen LogP contribution >= 0.6 is 0 Å². The minimum atomic E-state index is -0.378. The number of benzene rings is 2. The molecule has 1 amide bonds. The molecule has 152 valence electrons. The summed E-state index contributed by atoms with van der Waals surface area (Å²) < 4.78 is 4.67. The van der Waals surface area contributed by atoms with Crippen LogP contribution in [0.25, 0.3) is 6.08 Å². The number of likely N-dealkylation sites (tertiary alicyclic amines) is 1. The van der Waals surface area contributed by atoms with E-state index in [1.54, 1.807) is 30.3 Å². The van der Waals surface area contributed by atoms with E-state index in [1.165, 1.54) is 31.6 Å². The van der Waals surface area contributed by atoms with E-state index < -0.39 is 0 Å². The minimum absolute atomic E-state index is 0.195. The van der Waals surface area contributed by atoms with Crippen LogP contribution in [0.5, 0.6) is 0 Å². The number of amides is 1. The Kier molecular flexibility index (Phi) is 7.19. The number of nitrogens with one attached hydrogen (secondary N) is 1. The molecule has 1 saturated heterocycles. The van der Waals surface area contributed by atoms with Crippen LogP contribution in [-0.4, -0.2) is 37.0 Å². The fraction of sp³-hybridized carbons (Fsp3) is 0.333. The second kappa shape index (κ2) is 10.0. The van der Waals surface area contributed by atoms with E-state index in [-0.39, 0.29) is 11.9 Å². The number of rotatable bonds is 6. The molecule has 0 spiro atoms. The molecule has 1 fully saturated rings. The van der Waals surface area contributed by atoms with Crippen molar-refractivity contribution in [1.82, 2.24) is 4.90 Å². The summed E-state index contributed by atoms with van der Waals surface area (Å²) in [5, 5.41) is 2.87. The molecule has 3 rings (SSSR count). The van der Waals surface area contributed by atoms with Gasteiger partial charge in [0.1, 0.15) is 0 Å². The molecule has 0 atom stereocenters. The lowest BCUT2D eigenvalue weighted by Gasteiger charge is -2.30. The van der Waals surface area contributed by atoms with Gasteiger partial charge in [0.15, 0.2) is 0 Å². The van der Waals surface area contributed by atoms with Crippen molar-refractivity contribution in [2.24, 2.45) is 5.92 Å². The van der Waals surface area contributed by atoms with Crippen molar-refractivity contribution in [3.63, 3.8) is 0 Å². The molecule has 0 aromatic heterocycles. The normalized spacial score (nSPS) is 15.4. The van der Waals surface area contributed by atoms with Gasteiger partial charge < -0.3 is 10.1 Å². The van der Waals surface area contributed by atoms with Gasteiger partial charge in [0.2, 0.25) is 5.91 Å². The van der Waals surface area contributed by atoms with Crippen LogP contribution in [0.4, 0.5) is 5.69 Å². The number of hydrogen-bond acceptors (Lipinski definition) is 4. The van der Waals surface area contributed by atoms with Crippen molar-refractivity contribution in [3.05, 3.63) is 71.3 Å². The summed E-state index contributed by atoms with van der Waals surface area (Å²) in [6, 6.07) is 14.9. The van der Waals surface area contributed by atoms with Crippen molar-refractivity contribution < 1.29 is 14.3 Å². The van der Waals surface area contributed by atoms with Crippen molar-refractivity contribution in [1.29, 1.82) is 0 Å². The van der Waals surface area contributed by atoms with Crippen LogP contribution in [0.2, 0.25) is 0 Å². The maximum atomic E-state index is 12.2. The molecular formula is C24H28N2O3. The number of methoxy groups -OCH3 is 1. The van der Waals surface area contributed by atoms with E-state index in [0.29, 0.717) is 5.56 Å². The van der Waals surface area contributed by atoms with Gasteiger partial charge in [0.05, 0.1) is 12.7 Å². The standard InChI is InChI=1S/C24H28N2O3/c1-18-13-15-26(16-14-18)17-20-5-10-22(11-6-20)25-23(27)12-7-19-3-8-21(9-4-19)24(28)29-2/h3-12,18H,13-17H2,1-2H3,(H,25,27)/b12-7+. The average molecular weight is 392 g/mol. The average Bonchev–Trinajstić information content (AvgIpc) is 2.75. The van der Waals surface area contributed by atoms with Gasteiger partial charge in [-0.05, 0) is 73.3 Å². The fourth-order valence-corrected chi connectivity index (χ4v) is 3.38. The quantitative estimate of drug-likeness (QED) is 0.586. The predicted octanol–water partition coefficient (Wildman–Crippen LogP) is 4.36. The van der Waals surface area contributed by atoms with E-state index in [0.717, 1.165) is 36.8 Å². The zero-order valence-corrected chi connectivity index (χ0v) is 17.1. The third-order valence-electron chi connectivity index (χ3n) is 5.26. The number of nitrogens with zero attached hydrogens (tertiary/aromatic N) is 1. The van der Waals surface area contributed by atoms with Crippen LogP contribution in [0, 0.1) is 5.92 Å². The molecule has 1 aliphatic heterocycles. The van der Waals surface area contributed by atoms with Crippen molar-refractivity contribution in [3.8, 4) is 0 Å². The zero-order chi connectivity index (χ0) is 20.6. The number of piperidine rings is 1. The maximum absolute atomic E-state index is 12.2. The number of hydrogen-bond donors (Lipinski definition) is 1. The molecule has 0 bridgehead atoms. The summed E-state index contributed by atoms with van der Waals surface area (Å²) in [7, 11) is 1.35. The molecule has 5 heteroatoms. The van der Waals surface area contributed by atoms with Crippen LogP contribution < -0.4 is 5.32 Å². The van der Waals surface area contributed by atoms with Gasteiger partial charge in [-0.25, -0.2) is 4.79 Å². The maximum Gasteiger partial charge on any atom is 0.337 e. The Morgan fingerprint density at radius 3 is 2.34 bits per heavy atom. The Bertz CT molecular complexity index is 849. The number of anilines is 1. The van der Waals surface area contributed by atoms with Gasteiger partial charge >= 0.3 is 5.97 Å². The lowest BCUT2D eigenvalue weighted by Crippen LogP contribution is -2.32. The lowest BCUT2D eigenvalue weighted by molar-refractivity contribution is -0.111. The number of carbonyl (C=O) groups is 2. The summed E-state index contributed by atoms with van der Waals surface area (Å²) in [5.74, 6) is 0.263. The number of ether oxygens (including phenoxy) is 1. The Hall–Kier alpha value is -2.92. The fourth-order valence-electron chi connectivity index (χ4n) is 3.38. The smallest absolute Gasteiger partial charge is 0.337 e. The van der Waals surface area contributed by atoms with Gasteiger partial charge in [-0.3, -0.25) is 9.69 Å². The third-order valence-corrected chi connectivity index (χ3v) is 5.26. The zero-order valence-electron chi connectivity index (χ0n) is 17.1. The third kappa shape index (κ3) is 6.29. The lowest BCUT2D eigenvalue weighted by atomic mass is 9.99. The van der Waals surface area contributed by atoms with Gasteiger partial charge in [0, 0.05) is 18.3 Å². The Labute approximate surface area is 172 Å². The Morgan fingerprint density at radius 2 is 1.72 bits per heavy atom. The van der Waals surface area contributed by atoms with E-state index in [4.69, 9.17) is 0 Å². The first-order chi connectivity index (χ1) is 14.0. The summed E-state index contributed by atoms with van der Waals surface area (Å²) in [6.07, 6.45) is 5.73. The first-order valence-corrected chi connectivity index (χ1v) is 10.0. The highest BCUT2D eigenvalue weighted by Gasteiger charge is 2.15. The topological polar surface area (TPSA) is 58.6 Å². The highest BCUT2D eigenvalue weighted by atomic mass is 16.5. The molecule has 1 heterocycles. The largest absolute Gasteiger partial charge is 0.465 e. The van der Waals surface area contributed by atoms with Crippen LogP contribution in [-0.2, 0) is 16.1 Å². The van der Waals surface area contributed by atoms with E-state index in [1.807, 2.05) is 12.1 Å². The molecule has 29 heavy (non-hydrogen) atoms. The van der Waals surface area contributed by atoms with Gasteiger partial charge in [0.25, 0.3) is 0 Å². The molecule has 2 aromatic rings. The molecule has 1 aliphatic rings. The summed E-state index contributed by atoms with van der Waals surface area (Å²) >= 11 is 0. The SMILES string of the molecule is COC(=O)c1ccc(/C=C/C(=O)Nc2ccc(CN3CCC(C)CC3)cc2)cc1. The molecule has 1 N–H and O–H groups in total. The van der Waals surface area contributed by atoms with Gasteiger partial charge in [-0.15, -0.1) is 0 Å². The number of carbonyl (C=O) groups excluding carboxylic acids is 2. The number of esters is 1. The van der Waals surface area contributed by atoms with Gasteiger partial charge in [-0.2, -0.15) is 0 Å². The molecule has 5 nitrogen and oxygen atoms in total. The van der Waals surface area contributed by atoms with E-state index >= 15 is 0 Å². The second-order valence-corrected chi connectivity index (χ2v) is 7.59. The molecular weight excluding hydrogens is 364 g/mol. The van der Waals surface area contributed by atoms with E-state index in [2.05, 4.69) is 34.0 Å². The molecule has 0 aliphatic carbocycles. The Morgan fingerprint density at radius 1 is 1.07 bits per heavy atom. The Balaban J connectivity index is 1.50. The van der Waals surface area contributed by atoms with Crippen molar-refractivity contribution >= 4 is 23.6 Å². The van der Waals surface area contributed by atoms with Gasteiger partial charge in [-0.1, -0.05) is 31.2 Å². The molecule has 2 aromatic carbocycles. The molecule has 0 unspecified atom stereocenters. The highest BCUT2D eigenvalue weighted by Crippen LogP contribution is 2.19. The molecule has 0 saturated carbocycles. The highest BCUT2D eigenvalue weighted by molar-refractivity contribution is 6.02. The first kappa shape index (κ1) is 20.8.